The van der Waals surface area contributed by atoms with E-state index < -0.39 is 4.92 Å². The van der Waals surface area contributed by atoms with Crippen LogP contribution >= 0.6 is 22.6 Å². The maximum Gasteiger partial charge on any atom is 0.269 e. The smallest absolute Gasteiger partial charge is 0.269 e. The van der Waals surface area contributed by atoms with Crippen LogP contribution in [0.15, 0.2) is 48.5 Å². The number of carbonyl (C=O) groups excluding carboxylic acids is 2. The molecule has 0 radical (unpaired) electrons. The van der Waals surface area contributed by atoms with Gasteiger partial charge in [-0.1, -0.05) is 0 Å². The van der Waals surface area contributed by atoms with Gasteiger partial charge in [0.05, 0.1) is 4.92 Å². The van der Waals surface area contributed by atoms with Crippen molar-refractivity contribution in [3.63, 3.8) is 0 Å². The second kappa shape index (κ2) is 8.39. The molecular formula is C16H14IN3O4. The van der Waals surface area contributed by atoms with Crippen LogP contribution in [0.25, 0.3) is 0 Å². The average Bonchev–Trinajstić information content (AvgIpc) is 2.57. The van der Waals surface area contributed by atoms with Gasteiger partial charge in [-0.2, -0.15) is 0 Å². The van der Waals surface area contributed by atoms with Gasteiger partial charge in [-0.05, 0) is 59.0 Å². The van der Waals surface area contributed by atoms with Gasteiger partial charge >= 0.3 is 0 Å². The van der Waals surface area contributed by atoms with Crippen LogP contribution in [0.5, 0.6) is 0 Å². The molecule has 0 bridgehead atoms. The third-order valence-electron chi connectivity index (χ3n) is 3.11. The zero-order chi connectivity index (χ0) is 17.5. The molecule has 0 spiro atoms. The van der Waals surface area contributed by atoms with Crippen molar-refractivity contribution in [3.8, 4) is 0 Å². The fraction of sp³-hybridized carbons (Fsp3) is 0.125. The normalized spacial score (nSPS) is 10.0. The van der Waals surface area contributed by atoms with E-state index in [0.717, 1.165) is 3.57 Å². The van der Waals surface area contributed by atoms with Crippen molar-refractivity contribution in [2.45, 2.75) is 6.42 Å². The minimum absolute atomic E-state index is 0.0801. The van der Waals surface area contributed by atoms with Crippen molar-refractivity contribution in [3.05, 3.63) is 67.8 Å². The summed E-state index contributed by atoms with van der Waals surface area (Å²) in [4.78, 5) is 33.7. The summed E-state index contributed by atoms with van der Waals surface area (Å²) in [7, 11) is 0. The quantitative estimate of drug-likeness (QED) is 0.411. The Morgan fingerprint density at radius 3 is 2.25 bits per heavy atom. The number of carbonyl (C=O) groups is 2. The lowest BCUT2D eigenvalue weighted by Gasteiger charge is -2.07. The molecule has 2 aromatic rings. The predicted octanol–water partition coefficient (Wildman–Crippen LogP) is 2.96. The number of nitro benzene ring substituents is 1. The Balaban J connectivity index is 1.78. The summed E-state index contributed by atoms with van der Waals surface area (Å²) in [6.45, 7) is 0.173. The molecule has 0 aromatic heterocycles. The molecule has 7 nitrogen and oxygen atoms in total. The van der Waals surface area contributed by atoms with Crippen molar-refractivity contribution < 1.29 is 14.5 Å². The minimum Gasteiger partial charge on any atom is -0.352 e. The first-order valence-corrected chi connectivity index (χ1v) is 8.11. The van der Waals surface area contributed by atoms with Crippen LogP contribution in [0.3, 0.4) is 0 Å². The molecule has 0 saturated carbocycles. The van der Waals surface area contributed by atoms with Crippen LogP contribution < -0.4 is 10.6 Å². The predicted molar refractivity (Wildman–Crippen MR) is 97.8 cm³/mol. The Morgan fingerprint density at radius 1 is 1.04 bits per heavy atom. The average molecular weight is 439 g/mol. The first-order chi connectivity index (χ1) is 11.5. The van der Waals surface area contributed by atoms with E-state index >= 15 is 0 Å². The zero-order valence-electron chi connectivity index (χ0n) is 12.5. The maximum absolute atomic E-state index is 11.9. The summed E-state index contributed by atoms with van der Waals surface area (Å²) < 4.78 is 1.07. The number of anilines is 1. The van der Waals surface area contributed by atoms with Gasteiger partial charge in [-0.3, -0.25) is 19.7 Å². The molecule has 0 heterocycles. The van der Waals surface area contributed by atoms with Gasteiger partial charge in [0, 0.05) is 39.9 Å². The summed E-state index contributed by atoms with van der Waals surface area (Å²) in [5.41, 5.74) is 0.921. The highest BCUT2D eigenvalue weighted by Gasteiger charge is 2.10. The van der Waals surface area contributed by atoms with Gasteiger partial charge in [0.25, 0.3) is 11.6 Å². The van der Waals surface area contributed by atoms with Crippen LogP contribution in [0.4, 0.5) is 11.4 Å². The number of hydrogen-bond acceptors (Lipinski definition) is 4. The van der Waals surface area contributed by atoms with Crippen LogP contribution in [0, 0.1) is 13.7 Å². The number of amides is 2. The Labute approximate surface area is 151 Å². The molecule has 0 atom stereocenters. The molecule has 8 heteroatoms. The topological polar surface area (TPSA) is 101 Å². The van der Waals surface area contributed by atoms with Crippen molar-refractivity contribution in [1.82, 2.24) is 5.32 Å². The van der Waals surface area contributed by atoms with E-state index in [9.17, 15) is 19.7 Å². The number of benzene rings is 2. The standard InChI is InChI=1S/C16H14IN3O4/c17-12-3-5-13(6-4-12)19-15(21)9-10-18-16(22)11-1-7-14(8-2-11)20(23)24/h1-8H,9-10H2,(H,18,22)(H,19,21). The zero-order valence-corrected chi connectivity index (χ0v) is 14.6. The van der Waals surface area contributed by atoms with E-state index in [1.807, 2.05) is 12.1 Å². The van der Waals surface area contributed by atoms with Crippen molar-refractivity contribution >= 4 is 45.8 Å². The Morgan fingerprint density at radius 2 is 1.67 bits per heavy atom. The summed E-state index contributed by atoms with van der Waals surface area (Å²) >= 11 is 2.17. The number of nitrogens with zero attached hydrogens (tertiary/aromatic N) is 1. The molecule has 0 aliphatic heterocycles. The van der Waals surface area contributed by atoms with Gasteiger partial charge in [-0.15, -0.1) is 0 Å². The molecule has 24 heavy (non-hydrogen) atoms. The molecule has 2 N–H and O–H groups in total. The van der Waals surface area contributed by atoms with E-state index in [2.05, 4.69) is 33.2 Å². The van der Waals surface area contributed by atoms with Gasteiger partial charge in [0.2, 0.25) is 5.91 Å². The van der Waals surface area contributed by atoms with Crippen molar-refractivity contribution in [2.75, 3.05) is 11.9 Å². The van der Waals surface area contributed by atoms with E-state index in [1.165, 1.54) is 24.3 Å². The fourth-order valence-electron chi connectivity index (χ4n) is 1.88. The number of nitro groups is 1. The molecule has 0 aliphatic carbocycles. The highest BCUT2D eigenvalue weighted by molar-refractivity contribution is 14.1. The monoisotopic (exact) mass is 439 g/mol. The Hall–Kier alpha value is -2.49. The first-order valence-electron chi connectivity index (χ1n) is 7.04. The lowest BCUT2D eigenvalue weighted by atomic mass is 10.2. The van der Waals surface area contributed by atoms with E-state index in [4.69, 9.17) is 0 Å². The van der Waals surface area contributed by atoms with Gasteiger partial charge in [0.15, 0.2) is 0 Å². The third kappa shape index (κ3) is 5.30. The molecule has 124 valence electrons. The highest BCUT2D eigenvalue weighted by atomic mass is 127. The molecule has 0 aliphatic rings. The number of hydrogen-bond donors (Lipinski definition) is 2. The number of non-ortho nitro benzene ring substituents is 1. The van der Waals surface area contributed by atoms with E-state index in [-0.39, 0.29) is 30.5 Å². The van der Waals surface area contributed by atoms with Crippen LogP contribution in [-0.4, -0.2) is 23.3 Å². The lowest BCUT2D eigenvalue weighted by molar-refractivity contribution is -0.384. The van der Waals surface area contributed by atoms with Crippen molar-refractivity contribution in [2.24, 2.45) is 0 Å². The van der Waals surface area contributed by atoms with Gasteiger partial charge in [-0.25, -0.2) is 0 Å². The molecule has 0 fully saturated rings. The first kappa shape index (κ1) is 17.9. The summed E-state index contributed by atoms with van der Waals surface area (Å²) in [6.07, 6.45) is 0.130. The molecule has 0 unspecified atom stereocenters. The summed E-state index contributed by atoms with van der Waals surface area (Å²) in [6, 6.07) is 12.6. The van der Waals surface area contributed by atoms with Gasteiger partial charge < -0.3 is 10.6 Å². The molecule has 2 aromatic carbocycles. The summed E-state index contributed by atoms with van der Waals surface area (Å²) in [5.74, 6) is -0.591. The lowest BCUT2D eigenvalue weighted by Crippen LogP contribution is -2.27. The third-order valence-corrected chi connectivity index (χ3v) is 3.83. The number of halogens is 1. The Bertz CT molecular complexity index is 745. The summed E-state index contributed by atoms with van der Waals surface area (Å²) in [5, 5.41) is 15.9. The van der Waals surface area contributed by atoms with Crippen LogP contribution in [-0.2, 0) is 4.79 Å². The highest BCUT2D eigenvalue weighted by Crippen LogP contribution is 2.12. The van der Waals surface area contributed by atoms with Crippen LogP contribution in [0.1, 0.15) is 16.8 Å². The number of nitrogens with one attached hydrogen (secondary N) is 2. The molecule has 0 saturated heterocycles. The molecule has 2 amide bonds. The van der Waals surface area contributed by atoms with E-state index in [1.54, 1.807) is 12.1 Å². The SMILES string of the molecule is O=C(CCNC(=O)c1ccc([N+](=O)[O-])cc1)Nc1ccc(I)cc1. The maximum atomic E-state index is 11.9. The van der Waals surface area contributed by atoms with Gasteiger partial charge in [0.1, 0.15) is 0 Å². The Kier molecular flexibility index (Phi) is 6.24. The molecular weight excluding hydrogens is 425 g/mol. The van der Waals surface area contributed by atoms with E-state index in [0.29, 0.717) is 11.3 Å². The van der Waals surface area contributed by atoms with Crippen molar-refractivity contribution in [1.29, 1.82) is 0 Å². The number of rotatable bonds is 6. The second-order valence-electron chi connectivity index (χ2n) is 4.86. The fourth-order valence-corrected chi connectivity index (χ4v) is 2.24. The minimum atomic E-state index is -0.531. The van der Waals surface area contributed by atoms with Crippen LogP contribution in [0.2, 0.25) is 0 Å². The second-order valence-corrected chi connectivity index (χ2v) is 6.11. The molecule has 2 rings (SSSR count). The largest absolute Gasteiger partial charge is 0.352 e.